The van der Waals surface area contributed by atoms with Gasteiger partial charge in [0.05, 0.1) is 12.0 Å². The number of carbonyl (C=O) groups is 1. The Morgan fingerprint density at radius 1 is 1.14 bits per heavy atom. The van der Waals surface area contributed by atoms with Gasteiger partial charge in [0.1, 0.15) is 0 Å². The first-order valence-corrected chi connectivity index (χ1v) is 9.71. The van der Waals surface area contributed by atoms with Crippen LogP contribution in [0.4, 0.5) is 0 Å². The summed E-state index contributed by atoms with van der Waals surface area (Å²) in [6.07, 6.45) is 1.91. The smallest absolute Gasteiger partial charge is 0.232 e. The maximum Gasteiger partial charge on any atom is 0.232 e. The van der Waals surface area contributed by atoms with Crippen molar-refractivity contribution in [1.82, 2.24) is 9.21 Å². The number of rotatable bonds is 4. The Bertz CT molecular complexity index is 575. The zero-order valence-electron chi connectivity index (χ0n) is 12.1. The van der Waals surface area contributed by atoms with Crippen molar-refractivity contribution < 1.29 is 13.2 Å². The zero-order chi connectivity index (χ0) is 15.3. The molecule has 1 heterocycles. The lowest BCUT2D eigenvalue weighted by atomic mass is 10.4. The second-order valence-corrected chi connectivity index (χ2v) is 8.03. The van der Waals surface area contributed by atoms with Crippen LogP contribution in [-0.2, 0) is 14.8 Å². The van der Waals surface area contributed by atoms with E-state index in [2.05, 4.69) is 0 Å². The fourth-order valence-electron chi connectivity index (χ4n) is 2.23. The first-order chi connectivity index (χ1) is 9.97. The van der Waals surface area contributed by atoms with E-state index in [1.165, 1.54) is 22.3 Å². The Kier molecular flexibility index (Phi) is 5.66. The lowest BCUT2D eigenvalue weighted by molar-refractivity contribution is -0.128. The van der Waals surface area contributed by atoms with E-state index in [4.69, 9.17) is 0 Å². The van der Waals surface area contributed by atoms with Crippen molar-refractivity contribution in [2.45, 2.75) is 11.3 Å². The summed E-state index contributed by atoms with van der Waals surface area (Å²) in [5.74, 6) is 0.460. The van der Waals surface area contributed by atoms with Gasteiger partial charge in [-0.1, -0.05) is 18.2 Å². The molecular formula is C14H20N2O3S2. The lowest BCUT2D eigenvalue weighted by Crippen LogP contribution is -2.37. The molecule has 1 amide bonds. The standard InChI is InChI=1S/C14H20N2O3S2/c1-21(18,19)16-9-5-8-15(10-11-16)14(17)12-20-13-6-3-2-4-7-13/h2-4,6-7H,5,8-12H2,1H3. The predicted molar refractivity (Wildman–Crippen MR) is 84.8 cm³/mol. The Hall–Kier alpha value is -1.05. The van der Waals surface area contributed by atoms with Crippen LogP contribution in [0.25, 0.3) is 0 Å². The Morgan fingerprint density at radius 3 is 2.52 bits per heavy atom. The summed E-state index contributed by atoms with van der Waals surface area (Å²) in [6.45, 7) is 1.98. The summed E-state index contributed by atoms with van der Waals surface area (Å²) >= 11 is 1.51. The number of benzene rings is 1. The fraction of sp³-hybridized carbons (Fsp3) is 0.500. The Balaban J connectivity index is 1.86. The van der Waals surface area contributed by atoms with Crippen molar-refractivity contribution in [3.05, 3.63) is 30.3 Å². The van der Waals surface area contributed by atoms with Gasteiger partial charge in [0.25, 0.3) is 0 Å². The molecule has 0 saturated carbocycles. The maximum atomic E-state index is 12.2. The first kappa shape index (κ1) is 16.3. The van der Waals surface area contributed by atoms with Crippen LogP contribution < -0.4 is 0 Å². The molecule has 1 fully saturated rings. The van der Waals surface area contributed by atoms with E-state index in [9.17, 15) is 13.2 Å². The normalized spacial score (nSPS) is 17.5. The SMILES string of the molecule is CS(=O)(=O)N1CCCN(C(=O)CSc2ccccc2)CC1. The third-order valence-electron chi connectivity index (χ3n) is 3.38. The van der Waals surface area contributed by atoms with Gasteiger partial charge in [-0.25, -0.2) is 12.7 Å². The van der Waals surface area contributed by atoms with Crippen LogP contribution >= 0.6 is 11.8 Å². The molecule has 0 unspecified atom stereocenters. The molecular weight excluding hydrogens is 308 g/mol. The molecule has 0 atom stereocenters. The molecule has 1 aliphatic rings. The van der Waals surface area contributed by atoms with Gasteiger partial charge in [0.15, 0.2) is 0 Å². The summed E-state index contributed by atoms with van der Waals surface area (Å²) in [6, 6.07) is 9.80. The summed E-state index contributed by atoms with van der Waals surface area (Å²) in [7, 11) is -3.16. The van der Waals surface area contributed by atoms with Crippen molar-refractivity contribution in [2.24, 2.45) is 0 Å². The quantitative estimate of drug-likeness (QED) is 0.781. The Morgan fingerprint density at radius 2 is 1.86 bits per heavy atom. The van der Waals surface area contributed by atoms with E-state index in [-0.39, 0.29) is 5.91 Å². The highest BCUT2D eigenvalue weighted by atomic mass is 32.2. The van der Waals surface area contributed by atoms with Crippen LogP contribution in [0.5, 0.6) is 0 Å². The average molecular weight is 328 g/mol. The molecule has 0 radical (unpaired) electrons. The average Bonchev–Trinajstić information content (AvgIpc) is 2.71. The zero-order valence-corrected chi connectivity index (χ0v) is 13.7. The van der Waals surface area contributed by atoms with Gasteiger partial charge < -0.3 is 4.90 Å². The molecule has 21 heavy (non-hydrogen) atoms. The fourth-order valence-corrected chi connectivity index (χ4v) is 3.92. The number of amides is 1. The van der Waals surface area contributed by atoms with Crippen LogP contribution in [0.15, 0.2) is 35.2 Å². The van der Waals surface area contributed by atoms with Crippen molar-refractivity contribution in [2.75, 3.05) is 38.2 Å². The van der Waals surface area contributed by atoms with Gasteiger partial charge >= 0.3 is 0 Å². The highest BCUT2D eigenvalue weighted by Crippen LogP contribution is 2.18. The van der Waals surface area contributed by atoms with E-state index in [0.717, 1.165) is 4.90 Å². The van der Waals surface area contributed by atoms with Gasteiger partial charge in [-0.15, -0.1) is 11.8 Å². The van der Waals surface area contributed by atoms with E-state index in [0.29, 0.717) is 38.4 Å². The molecule has 7 heteroatoms. The minimum absolute atomic E-state index is 0.0687. The number of thioether (sulfide) groups is 1. The van der Waals surface area contributed by atoms with Crippen LogP contribution in [0.1, 0.15) is 6.42 Å². The molecule has 0 bridgehead atoms. The third kappa shape index (κ3) is 5.01. The molecule has 1 aromatic carbocycles. The van der Waals surface area contributed by atoms with Crippen LogP contribution in [0.2, 0.25) is 0 Å². The number of sulfonamides is 1. The largest absolute Gasteiger partial charge is 0.341 e. The molecule has 0 N–H and O–H groups in total. The molecule has 0 aliphatic carbocycles. The highest BCUT2D eigenvalue weighted by molar-refractivity contribution is 8.00. The number of hydrogen-bond donors (Lipinski definition) is 0. The van der Waals surface area contributed by atoms with E-state index in [1.54, 1.807) is 4.90 Å². The Labute approximate surface area is 130 Å². The van der Waals surface area contributed by atoms with Crippen molar-refractivity contribution in [3.8, 4) is 0 Å². The minimum atomic E-state index is -3.16. The second-order valence-electron chi connectivity index (χ2n) is 5.00. The van der Waals surface area contributed by atoms with Crippen molar-refractivity contribution >= 4 is 27.7 Å². The molecule has 116 valence electrons. The lowest BCUT2D eigenvalue weighted by Gasteiger charge is -2.20. The molecule has 0 spiro atoms. The number of carbonyl (C=O) groups excluding carboxylic acids is 1. The van der Waals surface area contributed by atoms with Gasteiger partial charge in [-0.3, -0.25) is 4.79 Å². The molecule has 1 aromatic rings. The summed E-state index contributed by atoms with van der Waals surface area (Å²) in [5, 5.41) is 0. The van der Waals surface area contributed by atoms with Gasteiger partial charge in [-0.05, 0) is 18.6 Å². The molecule has 1 saturated heterocycles. The van der Waals surface area contributed by atoms with Crippen LogP contribution in [0.3, 0.4) is 0 Å². The maximum absolute atomic E-state index is 12.2. The van der Waals surface area contributed by atoms with Crippen LogP contribution in [-0.4, -0.2) is 61.7 Å². The third-order valence-corrected chi connectivity index (χ3v) is 5.68. The summed E-state index contributed by atoms with van der Waals surface area (Å²) in [5.41, 5.74) is 0. The topological polar surface area (TPSA) is 57.7 Å². The number of hydrogen-bond acceptors (Lipinski definition) is 4. The van der Waals surface area contributed by atoms with E-state index in [1.807, 2.05) is 30.3 Å². The van der Waals surface area contributed by atoms with Gasteiger partial charge in [0, 0.05) is 31.1 Å². The second kappa shape index (κ2) is 7.29. The van der Waals surface area contributed by atoms with Crippen molar-refractivity contribution in [1.29, 1.82) is 0 Å². The summed E-state index contributed by atoms with van der Waals surface area (Å²) < 4.78 is 24.5. The van der Waals surface area contributed by atoms with E-state index >= 15 is 0 Å². The molecule has 0 aromatic heterocycles. The molecule has 5 nitrogen and oxygen atoms in total. The molecule has 1 aliphatic heterocycles. The van der Waals surface area contributed by atoms with Gasteiger partial charge in [-0.2, -0.15) is 0 Å². The monoisotopic (exact) mass is 328 g/mol. The molecule has 2 rings (SSSR count). The van der Waals surface area contributed by atoms with Gasteiger partial charge in [0.2, 0.25) is 15.9 Å². The minimum Gasteiger partial charge on any atom is -0.341 e. The first-order valence-electron chi connectivity index (χ1n) is 6.87. The van der Waals surface area contributed by atoms with Crippen LogP contribution in [0, 0.1) is 0 Å². The number of nitrogens with zero attached hydrogens (tertiary/aromatic N) is 2. The van der Waals surface area contributed by atoms with E-state index < -0.39 is 10.0 Å². The predicted octanol–water partition coefficient (Wildman–Crippen LogP) is 1.27. The summed E-state index contributed by atoms with van der Waals surface area (Å²) in [4.78, 5) is 15.1. The van der Waals surface area contributed by atoms with Crippen molar-refractivity contribution in [3.63, 3.8) is 0 Å². The highest BCUT2D eigenvalue weighted by Gasteiger charge is 2.23.